The van der Waals surface area contributed by atoms with Crippen LogP contribution in [0.25, 0.3) is 0 Å². The molecule has 3 rings (SSSR count). The molecule has 2 aromatic rings. The van der Waals surface area contributed by atoms with Gasteiger partial charge in [0.25, 0.3) is 0 Å². The molecule has 5 heteroatoms. The molecule has 0 fully saturated rings. The van der Waals surface area contributed by atoms with Crippen molar-refractivity contribution in [3.63, 3.8) is 0 Å². The van der Waals surface area contributed by atoms with Crippen LogP contribution in [0.15, 0.2) is 52.1 Å². The highest BCUT2D eigenvalue weighted by molar-refractivity contribution is 5.77. The molecule has 110 valence electrons. The number of aliphatic imine (C=N–C) groups is 1. The van der Waals surface area contributed by atoms with Crippen LogP contribution in [0.3, 0.4) is 0 Å². The third-order valence-electron chi connectivity index (χ3n) is 3.51. The van der Waals surface area contributed by atoms with Crippen molar-refractivity contribution in [1.29, 1.82) is 0 Å². The van der Waals surface area contributed by atoms with E-state index in [9.17, 15) is 0 Å². The minimum atomic E-state index is 0.400. The summed E-state index contributed by atoms with van der Waals surface area (Å²) in [4.78, 5) is 4.24. The lowest BCUT2D eigenvalue weighted by Gasteiger charge is -2.25. The Kier molecular flexibility index (Phi) is 4.09. The third kappa shape index (κ3) is 3.56. The van der Waals surface area contributed by atoms with Crippen LogP contribution in [-0.2, 0) is 13.0 Å². The van der Waals surface area contributed by atoms with E-state index in [1.54, 1.807) is 6.26 Å². The highest BCUT2D eigenvalue weighted by Gasteiger charge is 2.19. The second-order valence-corrected chi connectivity index (χ2v) is 5.15. The summed E-state index contributed by atoms with van der Waals surface area (Å²) in [5.74, 6) is 2.63. The van der Waals surface area contributed by atoms with E-state index in [1.165, 1.54) is 5.56 Å². The van der Waals surface area contributed by atoms with Gasteiger partial charge in [-0.05, 0) is 30.2 Å². The Morgan fingerprint density at radius 2 is 2.19 bits per heavy atom. The van der Waals surface area contributed by atoms with E-state index in [-0.39, 0.29) is 0 Å². The van der Waals surface area contributed by atoms with Gasteiger partial charge in [0.2, 0.25) is 0 Å². The van der Waals surface area contributed by atoms with Gasteiger partial charge in [-0.3, -0.25) is 0 Å². The predicted octanol–water partition coefficient (Wildman–Crippen LogP) is 1.94. The van der Waals surface area contributed by atoms with Gasteiger partial charge in [0.1, 0.15) is 18.1 Å². The molecular weight excluding hydrogens is 266 g/mol. The van der Waals surface area contributed by atoms with Gasteiger partial charge in [0.05, 0.1) is 12.9 Å². The fourth-order valence-electron chi connectivity index (χ4n) is 2.39. The van der Waals surface area contributed by atoms with Crippen molar-refractivity contribution < 1.29 is 9.15 Å². The number of benzene rings is 1. The number of nitrogens with one attached hydrogen (secondary N) is 1. The monoisotopic (exact) mass is 285 g/mol. The van der Waals surface area contributed by atoms with E-state index in [2.05, 4.69) is 16.4 Å². The summed E-state index contributed by atoms with van der Waals surface area (Å²) in [6, 6.07) is 11.9. The highest BCUT2D eigenvalue weighted by Crippen LogP contribution is 2.26. The van der Waals surface area contributed by atoms with Crippen molar-refractivity contribution in [1.82, 2.24) is 5.32 Å². The molecule has 1 aliphatic rings. The Morgan fingerprint density at radius 3 is 3.05 bits per heavy atom. The molecule has 0 radical (unpaired) electrons. The van der Waals surface area contributed by atoms with Gasteiger partial charge in [-0.1, -0.05) is 18.2 Å². The summed E-state index contributed by atoms with van der Waals surface area (Å²) < 4.78 is 11.0. The number of fused-ring (bicyclic) bond motifs is 1. The quantitative estimate of drug-likeness (QED) is 0.665. The number of rotatable bonds is 4. The molecule has 0 spiro atoms. The molecule has 3 N–H and O–H groups in total. The molecule has 1 aliphatic heterocycles. The third-order valence-corrected chi connectivity index (χ3v) is 3.51. The maximum absolute atomic E-state index is 5.86. The fraction of sp³-hybridized carbons (Fsp3) is 0.312. The number of furan rings is 1. The molecule has 0 aliphatic carbocycles. The van der Waals surface area contributed by atoms with Crippen LogP contribution in [-0.4, -0.2) is 19.1 Å². The first kappa shape index (κ1) is 13.5. The maximum Gasteiger partial charge on any atom is 0.189 e. The number of hydrogen-bond acceptors (Lipinski definition) is 3. The Balaban J connectivity index is 1.48. The Bertz CT molecular complexity index is 608. The lowest BCUT2D eigenvalue weighted by Crippen LogP contribution is -2.38. The normalized spacial score (nSPS) is 17.9. The summed E-state index contributed by atoms with van der Waals surface area (Å²) in [5.41, 5.74) is 7.11. The van der Waals surface area contributed by atoms with Crippen LogP contribution in [0.1, 0.15) is 11.3 Å². The molecule has 21 heavy (non-hydrogen) atoms. The van der Waals surface area contributed by atoms with Crippen LogP contribution in [0.4, 0.5) is 0 Å². The molecule has 1 aromatic carbocycles. The van der Waals surface area contributed by atoms with Crippen LogP contribution >= 0.6 is 0 Å². The second kappa shape index (κ2) is 6.35. The van der Waals surface area contributed by atoms with Crippen molar-refractivity contribution in [3.05, 3.63) is 54.0 Å². The van der Waals surface area contributed by atoms with Crippen molar-refractivity contribution in [2.24, 2.45) is 16.6 Å². The number of ether oxygens (including phenoxy) is 1. The van der Waals surface area contributed by atoms with Gasteiger partial charge in [0.15, 0.2) is 5.96 Å². The molecule has 0 saturated heterocycles. The van der Waals surface area contributed by atoms with Crippen LogP contribution in [0.2, 0.25) is 0 Å². The van der Waals surface area contributed by atoms with Gasteiger partial charge >= 0.3 is 0 Å². The summed E-state index contributed by atoms with van der Waals surface area (Å²) in [6.45, 7) is 1.91. The zero-order chi connectivity index (χ0) is 14.5. The molecule has 1 aromatic heterocycles. The molecule has 5 nitrogen and oxygen atoms in total. The van der Waals surface area contributed by atoms with Crippen molar-refractivity contribution >= 4 is 5.96 Å². The van der Waals surface area contributed by atoms with Gasteiger partial charge in [-0.2, -0.15) is 0 Å². The van der Waals surface area contributed by atoms with Crippen LogP contribution in [0.5, 0.6) is 5.75 Å². The van der Waals surface area contributed by atoms with E-state index in [4.69, 9.17) is 14.9 Å². The first-order valence-electron chi connectivity index (χ1n) is 7.08. The van der Waals surface area contributed by atoms with E-state index in [0.29, 0.717) is 25.0 Å². The topological polar surface area (TPSA) is 72.8 Å². The van der Waals surface area contributed by atoms with E-state index < -0.39 is 0 Å². The molecule has 2 heterocycles. The summed E-state index contributed by atoms with van der Waals surface area (Å²) in [6.07, 6.45) is 2.62. The SMILES string of the molecule is NC(=NCc1ccco1)NCC1COc2ccccc2C1. The smallest absolute Gasteiger partial charge is 0.189 e. The van der Waals surface area contributed by atoms with Crippen molar-refractivity contribution in [2.45, 2.75) is 13.0 Å². The summed E-state index contributed by atoms with van der Waals surface area (Å²) in [7, 11) is 0. The standard InChI is InChI=1S/C16H19N3O2/c17-16(19-10-14-5-3-7-20-14)18-9-12-8-13-4-1-2-6-15(13)21-11-12/h1-7,12H,8-11H2,(H3,17,18,19). The Hall–Kier alpha value is -2.43. The lowest BCUT2D eigenvalue weighted by molar-refractivity contribution is 0.223. The van der Waals surface area contributed by atoms with Gasteiger partial charge < -0.3 is 20.2 Å². The van der Waals surface area contributed by atoms with Crippen LogP contribution < -0.4 is 15.8 Å². The van der Waals surface area contributed by atoms with Gasteiger partial charge in [-0.25, -0.2) is 4.99 Å². The zero-order valence-electron chi connectivity index (χ0n) is 11.8. The number of nitrogens with zero attached hydrogens (tertiary/aromatic N) is 1. The molecule has 1 atom stereocenters. The second-order valence-electron chi connectivity index (χ2n) is 5.15. The Morgan fingerprint density at radius 1 is 1.29 bits per heavy atom. The van der Waals surface area contributed by atoms with Crippen molar-refractivity contribution in [2.75, 3.05) is 13.2 Å². The molecule has 0 amide bonds. The van der Waals surface area contributed by atoms with Gasteiger partial charge in [0, 0.05) is 12.5 Å². The largest absolute Gasteiger partial charge is 0.493 e. The molecule has 0 bridgehead atoms. The Labute approximate surface area is 123 Å². The fourth-order valence-corrected chi connectivity index (χ4v) is 2.39. The van der Waals surface area contributed by atoms with Gasteiger partial charge in [-0.15, -0.1) is 0 Å². The van der Waals surface area contributed by atoms with E-state index in [1.807, 2.05) is 30.3 Å². The van der Waals surface area contributed by atoms with E-state index in [0.717, 1.165) is 24.5 Å². The minimum absolute atomic E-state index is 0.400. The molecular formula is C16H19N3O2. The van der Waals surface area contributed by atoms with Crippen molar-refractivity contribution in [3.8, 4) is 5.75 Å². The number of para-hydroxylation sites is 1. The lowest BCUT2D eigenvalue weighted by atomic mass is 9.97. The first-order chi connectivity index (χ1) is 10.3. The average molecular weight is 285 g/mol. The minimum Gasteiger partial charge on any atom is -0.493 e. The van der Waals surface area contributed by atoms with E-state index >= 15 is 0 Å². The summed E-state index contributed by atoms with van der Waals surface area (Å²) in [5, 5.41) is 3.15. The predicted molar refractivity (Wildman–Crippen MR) is 81.2 cm³/mol. The average Bonchev–Trinajstić information content (AvgIpc) is 3.04. The summed E-state index contributed by atoms with van der Waals surface area (Å²) >= 11 is 0. The number of nitrogens with two attached hydrogens (primary N) is 1. The van der Waals surface area contributed by atoms with Crippen LogP contribution in [0, 0.1) is 5.92 Å². The first-order valence-corrected chi connectivity index (χ1v) is 7.08. The zero-order valence-corrected chi connectivity index (χ0v) is 11.8. The highest BCUT2D eigenvalue weighted by atomic mass is 16.5. The maximum atomic E-state index is 5.86. The number of guanidine groups is 1. The number of hydrogen-bond donors (Lipinski definition) is 2. The molecule has 0 saturated carbocycles. The molecule has 1 unspecified atom stereocenters.